The van der Waals surface area contributed by atoms with Gasteiger partial charge in [0.15, 0.2) is 0 Å². The second-order valence-corrected chi connectivity index (χ2v) is 5.49. The highest BCUT2D eigenvalue weighted by molar-refractivity contribution is 5.95. The van der Waals surface area contributed by atoms with Crippen molar-refractivity contribution >= 4 is 11.9 Å². The van der Waals surface area contributed by atoms with Gasteiger partial charge in [-0.15, -0.1) is 0 Å². The van der Waals surface area contributed by atoms with Crippen LogP contribution in [0.3, 0.4) is 0 Å². The van der Waals surface area contributed by atoms with Crippen LogP contribution < -0.4 is 9.47 Å². The normalized spacial score (nSPS) is 11.4. The standard InChI is InChI=1S/C19H21NO5/c1-20(2)18(21)17(13-8-6-5-7-9-13)25-19(22)15-12-14(23-3)10-11-16(15)24-4/h5-12,17H,1-4H3. The second kappa shape index (κ2) is 8.19. The quantitative estimate of drug-likeness (QED) is 0.755. The summed E-state index contributed by atoms with van der Waals surface area (Å²) >= 11 is 0. The fraction of sp³-hybridized carbons (Fsp3) is 0.263. The minimum Gasteiger partial charge on any atom is -0.497 e. The molecule has 2 aromatic carbocycles. The Kier molecular flexibility index (Phi) is 6.00. The number of ether oxygens (including phenoxy) is 3. The largest absolute Gasteiger partial charge is 0.497 e. The maximum Gasteiger partial charge on any atom is 0.343 e. The molecular formula is C19H21NO5. The third-order valence-electron chi connectivity index (χ3n) is 3.62. The van der Waals surface area contributed by atoms with Gasteiger partial charge in [-0.05, 0) is 18.2 Å². The van der Waals surface area contributed by atoms with E-state index in [4.69, 9.17) is 14.2 Å². The van der Waals surface area contributed by atoms with Gasteiger partial charge in [0.2, 0.25) is 6.10 Å². The number of benzene rings is 2. The summed E-state index contributed by atoms with van der Waals surface area (Å²) in [4.78, 5) is 26.5. The molecule has 0 N–H and O–H groups in total. The number of methoxy groups -OCH3 is 2. The van der Waals surface area contributed by atoms with Crippen LogP contribution in [0.1, 0.15) is 22.0 Å². The van der Waals surface area contributed by atoms with Gasteiger partial charge in [-0.3, -0.25) is 4.79 Å². The molecule has 1 amide bonds. The Morgan fingerprint density at radius 1 is 0.960 bits per heavy atom. The molecule has 0 saturated heterocycles. The predicted octanol–water partition coefficient (Wildman–Crippen LogP) is 2.69. The summed E-state index contributed by atoms with van der Waals surface area (Å²) in [6.07, 6.45) is -1.04. The summed E-state index contributed by atoms with van der Waals surface area (Å²) in [5.41, 5.74) is 0.783. The molecule has 1 atom stereocenters. The van der Waals surface area contributed by atoms with Crippen LogP contribution in [-0.4, -0.2) is 45.1 Å². The van der Waals surface area contributed by atoms with E-state index < -0.39 is 12.1 Å². The van der Waals surface area contributed by atoms with Gasteiger partial charge >= 0.3 is 5.97 Å². The molecule has 6 nitrogen and oxygen atoms in total. The molecule has 2 rings (SSSR count). The fourth-order valence-corrected chi connectivity index (χ4v) is 2.27. The van der Waals surface area contributed by atoms with Gasteiger partial charge in [0, 0.05) is 19.7 Å². The molecule has 2 aromatic rings. The van der Waals surface area contributed by atoms with E-state index >= 15 is 0 Å². The Bertz CT molecular complexity index is 743. The number of rotatable bonds is 6. The molecule has 25 heavy (non-hydrogen) atoms. The molecule has 6 heteroatoms. The van der Waals surface area contributed by atoms with Crippen molar-refractivity contribution in [3.8, 4) is 11.5 Å². The van der Waals surface area contributed by atoms with Crippen molar-refractivity contribution in [2.24, 2.45) is 0 Å². The van der Waals surface area contributed by atoms with E-state index in [1.807, 2.05) is 6.07 Å². The van der Waals surface area contributed by atoms with E-state index in [1.165, 1.54) is 25.2 Å². The van der Waals surface area contributed by atoms with Crippen LogP contribution in [-0.2, 0) is 9.53 Å². The Labute approximate surface area is 146 Å². The first kappa shape index (κ1) is 18.3. The van der Waals surface area contributed by atoms with Crippen molar-refractivity contribution in [3.63, 3.8) is 0 Å². The van der Waals surface area contributed by atoms with Gasteiger partial charge in [-0.25, -0.2) is 4.79 Å². The lowest BCUT2D eigenvalue weighted by molar-refractivity contribution is -0.138. The topological polar surface area (TPSA) is 65.1 Å². The van der Waals surface area contributed by atoms with Crippen molar-refractivity contribution in [1.29, 1.82) is 0 Å². The molecule has 0 aliphatic carbocycles. The maximum atomic E-state index is 12.7. The zero-order valence-electron chi connectivity index (χ0n) is 14.7. The summed E-state index contributed by atoms with van der Waals surface area (Å²) in [6, 6.07) is 13.7. The fourth-order valence-electron chi connectivity index (χ4n) is 2.27. The van der Waals surface area contributed by atoms with Gasteiger partial charge in [0.1, 0.15) is 17.1 Å². The van der Waals surface area contributed by atoms with Crippen LogP contribution in [0.25, 0.3) is 0 Å². The highest BCUT2D eigenvalue weighted by Crippen LogP contribution is 2.28. The van der Waals surface area contributed by atoms with Gasteiger partial charge in [0.25, 0.3) is 5.91 Å². The minimum atomic E-state index is -1.04. The summed E-state index contributed by atoms with van der Waals surface area (Å²) < 4.78 is 15.9. The molecule has 0 aliphatic heterocycles. The lowest BCUT2D eigenvalue weighted by Gasteiger charge is -2.21. The zero-order chi connectivity index (χ0) is 18.4. The molecule has 1 unspecified atom stereocenters. The van der Waals surface area contributed by atoms with Crippen LogP contribution in [0.15, 0.2) is 48.5 Å². The van der Waals surface area contributed by atoms with E-state index in [-0.39, 0.29) is 11.5 Å². The summed E-state index contributed by atoms with van der Waals surface area (Å²) in [6.45, 7) is 0. The smallest absolute Gasteiger partial charge is 0.343 e. The SMILES string of the molecule is COc1ccc(OC)c(C(=O)OC(C(=O)N(C)C)c2ccccc2)c1. The summed E-state index contributed by atoms with van der Waals surface area (Å²) in [5.74, 6) is -0.168. The van der Waals surface area contributed by atoms with Crippen LogP contribution >= 0.6 is 0 Å². The number of nitrogens with zero attached hydrogens (tertiary/aromatic N) is 1. The highest BCUT2D eigenvalue weighted by atomic mass is 16.6. The molecule has 0 aliphatic rings. The van der Waals surface area contributed by atoms with Gasteiger partial charge in [0.05, 0.1) is 14.2 Å². The molecule has 0 radical (unpaired) electrons. The maximum absolute atomic E-state index is 12.7. The number of hydrogen-bond donors (Lipinski definition) is 0. The van der Waals surface area contributed by atoms with Crippen LogP contribution in [0.5, 0.6) is 11.5 Å². The Morgan fingerprint density at radius 3 is 2.20 bits per heavy atom. The average Bonchev–Trinajstić information content (AvgIpc) is 2.65. The predicted molar refractivity (Wildman–Crippen MR) is 92.8 cm³/mol. The summed E-state index contributed by atoms with van der Waals surface area (Å²) in [7, 11) is 6.17. The first-order valence-corrected chi connectivity index (χ1v) is 7.67. The Morgan fingerprint density at radius 2 is 1.64 bits per heavy atom. The average molecular weight is 343 g/mol. The first-order valence-electron chi connectivity index (χ1n) is 7.67. The van der Waals surface area contributed by atoms with Crippen LogP contribution in [0, 0.1) is 0 Å². The molecule has 0 fully saturated rings. The number of esters is 1. The van der Waals surface area contributed by atoms with E-state index in [0.717, 1.165) is 0 Å². The second-order valence-electron chi connectivity index (χ2n) is 5.49. The minimum absolute atomic E-state index is 0.189. The summed E-state index contributed by atoms with van der Waals surface area (Å²) in [5, 5.41) is 0. The molecule has 0 aromatic heterocycles. The van der Waals surface area contributed by atoms with Crippen molar-refractivity contribution in [3.05, 3.63) is 59.7 Å². The van der Waals surface area contributed by atoms with Gasteiger partial charge in [-0.2, -0.15) is 0 Å². The number of likely N-dealkylation sites (N-methyl/N-ethyl adjacent to an activating group) is 1. The molecule has 0 heterocycles. The number of carbonyl (C=O) groups excluding carboxylic acids is 2. The van der Waals surface area contributed by atoms with Crippen molar-refractivity contribution in [2.45, 2.75) is 6.10 Å². The van der Waals surface area contributed by atoms with Crippen LogP contribution in [0.4, 0.5) is 0 Å². The zero-order valence-corrected chi connectivity index (χ0v) is 14.7. The molecule has 0 spiro atoms. The van der Waals surface area contributed by atoms with E-state index in [2.05, 4.69) is 0 Å². The van der Waals surface area contributed by atoms with E-state index in [1.54, 1.807) is 50.5 Å². The van der Waals surface area contributed by atoms with Crippen LogP contribution in [0.2, 0.25) is 0 Å². The number of carbonyl (C=O) groups is 2. The third kappa shape index (κ3) is 4.29. The lowest BCUT2D eigenvalue weighted by atomic mass is 10.1. The van der Waals surface area contributed by atoms with Gasteiger partial charge < -0.3 is 19.1 Å². The molecule has 132 valence electrons. The van der Waals surface area contributed by atoms with Gasteiger partial charge in [-0.1, -0.05) is 30.3 Å². The van der Waals surface area contributed by atoms with Crippen molar-refractivity contribution in [2.75, 3.05) is 28.3 Å². The van der Waals surface area contributed by atoms with E-state index in [9.17, 15) is 9.59 Å². The molecule has 0 saturated carbocycles. The Hall–Kier alpha value is -3.02. The number of amides is 1. The monoisotopic (exact) mass is 343 g/mol. The molecular weight excluding hydrogens is 322 g/mol. The highest BCUT2D eigenvalue weighted by Gasteiger charge is 2.28. The van der Waals surface area contributed by atoms with E-state index in [0.29, 0.717) is 17.1 Å². The molecule has 0 bridgehead atoms. The number of hydrogen-bond acceptors (Lipinski definition) is 5. The third-order valence-corrected chi connectivity index (χ3v) is 3.62. The Balaban J connectivity index is 2.36. The lowest BCUT2D eigenvalue weighted by Crippen LogP contribution is -2.31. The van der Waals surface area contributed by atoms with Crippen molar-refractivity contribution < 1.29 is 23.8 Å². The van der Waals surface area contributed by atoms with Crippen molar-refractivity contribution in [1.82, 2.24) is 4.90 Å². The first-order chi connectivity index (χ1) is 12.0.